The molecular formula is C11H15ClN2. The molecule has 2 atom stereocenters. The number of aromatic nitrogens is 2. The van der Waals surface area contributed by atoms with E-state index in [4.69, 9.17) is 11.6 Å². The number of rotatable bonds is 1. The van der Waals surface area contributed by atoms with Crippen molar-refractivity contribution >= 4 is 11.6 Å². The summed E-state index contributed by atoms with van der Waals surface area (Å²) in [6.45, 7) is 0. The van der Waals surface area contributed by atoms with Gasteiger partial charge in [0.2, 0.25) is 0 Å². The molecule has 1 heterocycles. The molecule has 2 rings (SSSR count). The summed E-state index contributed by atoms with van der Waals surface area (Å²) in [7, 11) is 0. The Morgan fingerprint density at radius 3 is 2.79 bits per heavy atom. The van der Waals surface area contributed by atoms with Gasteiger partial charge >= 0.3 is 0 Å². The number of hydrogen-bond donors (Lipinski definition) is 0. The van der Waals surface area contributed by atoms with Crippen LogP contribution in [0.5, 0.6) is 0 Å². The molecule has 1 aromatic rings. The molecule has 1 aliphatic rings. The summed E-state index contributed by atoms with van der Waals surface area (Å²) in [5.74, 6) is 0.410. The van der Waals surface area contributed by atoms with E-state index in [1.165, 1.54) is 19.3 Å². The molecule has 1 aromatic heterocycles. The zero-order valence-corrected chi connectivity index (χ0v) is 8.95. The van der Waals surface area contributed by atoms with Crippen molar-refractivity contribution in [3.63, 3.8) is 0 Å². The molecule has 1 fully saturated rings. The van der Waals surface area contributed by atoms with Gasteiger partial charge < -0.3 is 0 Å². The maximum atomic E-state index is 6.35. The third-order valence-corrected chi connectivity index (χ3v) is 3.42. The zero-order valence-electron chi connectivity index (χ0n) is 8.19. The SMILES string of the molecule is ClC1CCCCCC1c1cnccn1. The van der Waals surface area contributed by atoms with Crippen molar-refractivity contribution in [2.75, 3.05) is 0 Å². The Kier molecular flexibility index (Phi) is 3.35. The van der Waals surface area contributed by atoms with Crippen LogP contribution in [0.15, 0.2) is 18.6 Å². The first kappa shape index (κ1) is 9.91. The smallest absolute Gasteiger partial charge is 0.0632 e. The number of nitrogens with zero attached hydrogens (tertiary/aromatic N) is 2. The fourth-order valence-electron chi connectivity index (χ4n) is 2.10. The fraction of sp³-hybridized carbons (Fsp3) is 0.636. The van der Waals surface area contributed by atoms with E-state index in [0.29, 0.717) is 5.92 Å². The molecule has 0 amide bonds. The van der Waals surface area contributed by atoms with E-state index < -0.39 is 0 Å². The quantitative estimate of drug-likeness (QED) is 0.526. The van der Waals surface area contributed by atoms with E-state index in [1.54, 1.807) is 12.4 Å². The first-order valence-corrected chi connectivity index (χ1v) is 5.71. The van der Waals surface area contributed by atoms with E-state index in [9.17, 15) is 0 Å². The van der Waals surface area contributed by atoms with Crippen LogP contribution in [0.2, 0.25) is 0 Å². The summed E-state index contributed by atoms with van der Waals surface area (Å²) in [6.07, 6.45) is 11.4. The van der Waals surface area contributed by atoms with Gasteiger partial charge in [-0.05, 0) is 12.8 Å². The summed E-state index contributed by atoms with van der Waals surface area (Å²) < 4.78 is 0. The molecule has 0 radical (unpaired) electrons. The highest BCUT2D eigenvalue weighted by Gasteiger charge is 2.24. The largest absolute Gasteiger partial charge is 0.261 e. The van der Waals surface area contributed by atoms with Gasteiger partial charge in [0, 0.05) is 29.9 Å². The fourth-order valence-corrected chi connectivity index (χ4v) is 2.51. The maximum absolute atomic E-state index is 6.35. The predicted octanol–water partition coefficient (Wildman–Crippen LogP) is 3.13. The van der Waals surface area contributed by atoms with Crippen molar-refractivity contribution in [3.05, 3.63) is 24.3 Å². The second-order valence-corrected chi connectivity index (χ2v) is 4.45. The highest BCUT2D eigenvalue weighted by Crippen LogP contribution is 2.33. The van der Waals surface area contributed by atoms with Crippen LogP contribution in [-0.4, -0.2) is 15.3 Å². The Hall–Kier alpha value is -0.630. The van der Waals surface area contributed by atoms with E-state index in [2.05, 4.69) is 9.97 Å². The molecule has 1 saturated carbocycles. The van der Waals surface area contributed by atoms with Crippen molar-refractivity contribution in [1.29, 1.82) is 0 Å². The summed E-state index contributed by atoms with van der Waals surface area (Å²) in [4.78, 5) is 8.45. The molecule has 76 valence electrons. The topological polar surface area (TPSA) is 25.8 Å². The van der Waals surface area contributed by atoms with Gasteiger partial charge in [-0.1, -0.05) is 19.3 Å². The summed E-state index contributed by atoms with van der Waals surface area (Å²) in [5.41, 5.74) is 1.06. The van der Waals surface area contributed by atoms with Gasteiger partial charge in [0.15, 0.2) is 0 Å². The second kappa shape index (κ2) is 4.74. The highest BCUT2D eigenvalue weighted by atomic mass is 35.5. The zero-order chi connectivity index (χ0) is 9.80. The lowest BCUT2D eigenvalue weighted by Crippen LogP contribution is -2.12. The van der Waals surface area contributed by atoms with Crippen molar-refractivity contribution in [2.24, 2.45) is 0 Å². The minimum absolute atomic E-state index is 0.245. The molecule has 14 heavy (non-hydrogen) atoms. The monoisotopic (exact) mass is 210 g/mol. The highest BCUT2D eigenvalue weighted by molar-refractivity contribution is 6.21. The Morgan fingerprint density at radius 1 is 1.14 bits per heavy atom. The summed E-state index contributed by atoms with van der Waals surface area (Å²) in [5, 5.41) is 0.245. The van der Waals surface area contributed by atoms with E-state index >= 15 is 0 Å². The number of halogens is 1. The minimum Gasteiger partial charge on any atom is -0.261 e. The van der Waals surface area contributed by atoms with Gasteiger partial charge in [-0.3, -0.25) is 9.97 Å². The van der Waals surface area contributed by atoms with E-state index in [1.807, 2.05) is 6.20 Å². The first-order valence-electron chi connectivity index (χ1n) is 5.28. The van der Waals surface area contributed by atoms with Crippen molar-refractivity contribution < 1.29 is 0 Å². The molecule has 0 spiro atoms. The van der Waals surface area contributed by atoms with Crippen LogP contribution in [0, 0.1) is 0 Å². The van der Waals surface area contributed by atoms with Gasteiger partial charge in [-0.2, -0.15) is 0 Å². The lowest BCUT2D eigenvalue weighted by Gasteiger charge is -2.18. The van der Waals surface area contributed by atoms with E-state index in [0.717, 1.165) is 18.5 Å². The average Bonchev–Trinajstić information content (AvgIpc) is 2.44. The van der Waals surface area contributed by atoms with Gasteiger partial charge in [0.1, 0.15) is 0 Å². The molecule has 1 aliphatic carbocycles. The van der Waals surface area contributed by atoms with Gasteiger partial charge in [0.05, 0.1) is 5.69 Å². The van der Waals surface area contributed by atoms with Crippen LogP contribution in [-0.2, 0) is 0 Å². The van der Waals surface area contributed by atoms with E-state index in [-0.39, 0.29) is 5.38 Å². The maximum Gasteiger partial charge on any atom is 0.0632 e. The molecule has 0 saturated heterocycles. The lowest BCUT2D eigenvalue weighted by molar-refractivity contribution is 0.582. The molecule has 2 unspecified atom stereocenters. The molecule has 2 nitrogen and oxygen atoms in total. The lowest BCUT2D eigenvalue weighted by atomic mass is 9.96. The molecule has 3 heteroatoms. The van der Waals surface area contributed by atoms with Crippen LogP contribution < -0.4 is 0 Å². The van der Waals surface area contributed by atoms with Crippen LogP contribution in [0.1, 0.15) is 43.7 Å². The van der Waals surface area contributed by atoms with Crippen LogP contribution in [0.3, 0.4) is 0 Å². The molecule has 0 aliphatic heterocycles. The standard InChI is InChI=1S/C11H15ClN2/c12-10-5-3-1-2-4-9(10)11-8-13-6-7-14-11/h6-10H,1-5H2. The Bertz CT molecular complexity index is 276. The van der Waals surface area contributed by atoms with Crippen molar-refractivity contribution in [3.8, 4) is 0 Å². The van der Waals surface area contributed by atoms with Crippen LogP contribution in [0.25, 0.3) is 0 Å². The third-order valence-electron chi connectivity index (χ3n) is 2.89. The first-order chi connectivity index (χ1) is 6.88. The Morgan fingerprint density at radius 2 is 2.00 bits per heavy atom. The normalized spacial score (nSPS) is 28.4. The number of hydrogen-bond acceptors (Lipinski definition) is 2. The Labute approximate surface area is 89.7 Å². The van der Waals surface area contributed by atoms with Gasteiger partial charge in [-0.15, -0.1) is 11.6 Å². The summed E-state index contributed by atoms with van der Waals surface area (Å²) >= 11 is 6.35. The van der Waals surface area contributed by atoms with Crippen molar-refractivity contribution in [2.45, 2.75) is 43.4 Å². The average molecular weight is 211 g/mol. The Balaban J connectivity index is 2.15. The van der Waals surface area contributed by atoms with Crippen molar-refractivity contribution in [1.82, 2.24) is 9.97 Å². The molecule has 0 aromatic carbocycles. The molecule has 0 bridgehead atoms. The minimum atomic E-state index is 0.245. The van der Waals surface area contributed by atoms with Crippen LogP contribution >= 0.6 is 11.6 Å². The summed E-state index contributed by atoms with van der Waals surface area (Å²) in [6, 6.07) is 0. The molecular weight excluding hydrogens is 196 g/mol. The molecule has 0 N–H and O–H groups in total. The number of alkyl halides is 1. The van der Waals surface area contributed by atoms with Crippen LogP contribution in [0.4, 0.5) is 0 Å². The van der Waals surface area contributed by atoms with Gasteiger partial charge in [-0.25, -0.2) is 0 Å². The van der Waals surface area contributed by atoms with Gasteiger partial charge in [0.25, 0.3) is 0 Å². The third kappa shape index (κ3) is 2.24. The second-order valence-electron chi connectivity index (χ2n) is 3.89. The predicted molar refractivity (Wildman–Crippen MR) is 57.5 cm³/mol.